The summed E-state index contributed by atoms with van der Waals surface area (Å²) < 4.78 is 6.14. The van der Waals surface area contributed by atoms with Gasteiger partial charge in [0.05, 0.1) is 18.1 Å². The number of likely N-dealkylation sites (tertiary alicyclic amines) is 1. The Labute approximate surface area is 197 Å². The summed E-state index contributed by atoms with van der Waals surface area (Å²) in [6.45, 7) is 3.66. The van der Waals surface area contributed by atoms with Crippen LogP contribution >= 0.6 is 0 Å². The van der Waals surface area contributed by atoms with Crippen molar-refractivity contribution in [1.82, 2.24) is 29.8 Å². The third kappa shape index (κ3) is 3.91. The first-order valence-corrected chi connectivity index (χ1v) is 11.9. The molecule has 9 nitrogen and oxygen atoms in total. The molecule has 0 bridgehead atoms. The van der Waals surface area contributed by atoms with Gasteiger partial charge >= 0.3 is 0 Å². The number of carbonyl (C=O) groups excluding carboxylic acids is 1. The molecule has 2 N–H and O–H groups in total. The van der Waals surface area contributed by atoms with E-state index in [1.807, 2.05) is 11.8 Å². The summed E-state index contributed by atoms with van der Waals surface area (Å²) >= 11 is 0. The van der Waals surface area contributed by atoms with Crippen molar-refractivity contribution < 1.29 is 9.53 Å². The fourth-order valence-electron chi connectivity index (χ4n) is 4.72. The highest BCUT2D eigenvalue weighted by atomic mass is 16.5. The number of anilines is 1. The molecule has 9 heteroatoms. The van der Waals surface area contributed by atoms with E-state index in [2.05, 4.69) is 49.5 Å². The van der Waals surface area contributed by atoms with Crippen LogP contribution in [0.25, 0.3) is 21.9 Å². The van der Waals surface area contributed by atoms with Gasteiger partial charge in [0, 0.05) is 18.5 Å². The van der Waals surface area contributed by atoms with Gasteiger partial charge in [-0.2, -0.15) is 0 Å². The van der Waals surface area contributed by atoms with Crippen LogP contribution in [0, 0.1) is 0 Å². The largest absolute Gasteiger partial charge is 0.467 e. The van der Waals surface area contributed by atoms with E-state index in [1.165, 1.54) is 24.7 Å². The molecular formula is C25H27N7O2. The number of aromatic amines is 1. The lowest BCUT2D eigenvalue weighted by atomic mass is 10.0. The van der Waals surface area contributed by atoms with Crippen molar-refractivity contribution in [3.8, 4) is 5.88 Å². The number of ether oxygens (including phenoxy) is 1. The zero-order chi connectivity index (χ0) is 23.1. The first-order valence-electron chi connectivity index (χ1n) is 11.9. The Balaban J connectivity index is 1.34. The fraction of sp³-hybridized carbons (Fsp3) is 0.400. The number of H-pyrrole nitrogens is 1. The molecule has 34 heavy (non-hydrogen) atoms. The van der Waals surface area contributed by atoms with E-state index in [0.717, 1.165) is 47.9 Å². The number of hydrogen-bond acceptors (Lipinski definition) is 7. The Morgan fingerprint density at radius 2 is 2.09 bits per heavy atom. The number of aromatic nitrogens is 5. The average molecular weight is 458 g/mol. The normalized spacial score (nSPS) is 16.8. The molecule has 1 atom stereocenters. The molecule has 0 radical (unpaired) electrons. The number of rotatable bonds is 7. The zero-order valence-corrected chi connectivity index (χ0v) is 19.1. The van der Waals surface area contributed by atoms with E-state index < -0.39 is 0 Å². The lowest BCUT2D eigenvalue weighted by molar-refractivity contribution is -0.132. The second-order valence-electron chi connectivity index (χ2n) is 9.14. The van der Waals surface area contributed by atoms with Crippen LogP contribution in [0.1, 0.15) is 55.8 Å². The summed E-state index contributed by atoms with van der Waals surface area (Å²) in [5.41, 5.74) is 3.43. The molecular weight excluding hydrogens is 430 g/mol. The molecule has 1 saturated heterocycles. The maximum Gasteiger partial charge on any atom is 0.260 e. The third-order valence-electron chi connectivity index (χ3n) is 6.70. The van der Waals surface area contributed by atoms with Crippen molar-refractivity contribution >= 4 is 33.7 Å². The van der Waals surface area contributed by atoms with Crippen LogP contribution < -0.4 is 10.1 Å². The molecule has 1 saturated carbocycles. The van der Waals surface area contributed by atoms with Crippen LogP contribution in [0.5, 0.6) is 5.88 Å². The fourth-order valence-corrected chi connectivity index (χ4v) is 4.72. The number of benzene rings is 1. The number of nitrogens with one attached hydrogen (secondary N) is 2. The predicted molar refractivity (Wildman–Crippen MR) is 129 cm³/mol. The van der Waals surface area contributed by atoms with Gasteiger partial charge in [-0.05, 0) is 55.5 Å². The van der Waals surface area contributed by atoms with Gasteiger partial charge in [-0.3, -0.25) is 4.79 Å². The van der Waals surface area contributed by atoms with E-state index in [1.54, 1.807) is 6.33 Å². The molecule has 4 aromatic rings. The van der Waals surface area contributed by atoms with Crippen molar-refractivity contribution in [2.75, 3.05) is 25.0 Å². The summed E-state index contributed by atoms with van der Waals surface area (Å²) in [4.78, 5) is 35.3. The van der Waals surface area contributed by atoms with Gasteiger partial charge in [-0.1, -0.05) is 18.2 Å². The Morgan fingerprint density at radius 3 is 2.91 bits per heavy atom. The van der Waals surface area contributed by atoms with Crippen molar-refractivity contribution in [2.24, 2.45) is 0 Å². The van der Waals surface area contributed by atoms with E-state index >= 15 is 0 Å². The average Bonchev–Trinajstić information content (AvgIpc) is 3.32. The number of fused-ring (bicyclic) bond motifs is 2. The van der Waals surface area contributed by atoms with Crippen molar-refractivity contribution in [1.29, 1.82) is 0 Å². The first kappa shape index (κ1) is 20.8. The van der Waals surface area contributed by atoms with Crippen molar-refractivity contribution in [2.45, 2.75) is 44.6 Å². The molecule has 0 unspecified atom stereocenters. The minimum absolute atomic E-state index is 0.00699. The van der Waals surface area contributed by atoms with Gasteiger partial charge in [-0.15, -0.1) is 0 Å². The number of pyridine rings is 1. The monoisotopic (exact) mass is 457 g/mol. The molecule has 2 fully saturated rings. The molecule has 2 aliphatic rings. The molecule has 174 valence electrons. The predicted octanol–water partition coefficient (Wildman–Crippen LogP) is 3.95. The molecule has 6 rings (SSSR count). The maximum atomic E-state index is 12.7. The molecule has 1 aliphatic heterocycles. The smallest absolute Gasteiger partial charge is 0.260 e. The number of imidazole rings is 1. The highest BCUT2D eigenvalue weighted by Crippen LogP contribution is 2.45. The second-order valence-corrected chi connectivity index (χ2v) is 9.14. The van der Waals surface area contributed by atoms with Crippen LogP contribution in [0.4, 0.5) is 5.82 Å². The molecule has 1 aromatic carbocycles. The Bertz CT molecular complexity index is 1360. The maximum absolute atomic E-state index is 12.7. The summed E-state index contributed by atoms with van der Waals surface area (Å²) in [5.74, 6) is 1.76. The molecule has 1 aliphatic carbocycles. The van der Waals surface area contributed by atoms with Gasteiger partial charge in [0.15, 0.2) is 18.1 Å². The third-order valence-corrected chi connectivity index (χ3v) is 6.70. The topological polar surface area (TPSA) is 109 Å². The SMILES string of the molecule is C[C@H](Nc1ncnc2nc[nH]c12)c1cc2cccc(C3CC3)c2c(OCC(=O)N2CCCC2)n1. The Morgan fingerprint density at radius 1 is 1.24 bits per heavy atom. The van der Waals surface area contributed by atoms with Crippen molar-refractivity contribution in [3.63, 3.8) is 0 Å². The Hall–Kier alpha value is -3.75. The van der Waals surface area contributed by atoms with Gasteiger partial charge in [0.25, 0.3) is 5.91 Å². The van der Waals surface area contributed by atoms with Crippen LogP contribution in [-0.2, 0) is 4.79 Å². The van der Waals surface area contributed by atoms with Gasteiger partial charge < -0.3 is 19.9 Å². The summed E-state index contributed by atoms with van der Waals surface area (Å²) in [7, 11) is 0. The standard InChI is InChI=1S/C25H27N7O2/c1-15(30-24-22-23(27-13-26-22)28-14-29-24)19-11-17-5-4-6-18(16-7-8-16)21(17)25(31-19)34-12-20(33)32-9-2-3-10-32/h4-6,11,13-16H,2-3,7-10,12H2,1H3,(H2,26,27,28,29,30)/t15-/m0/s1. The van der Waals surface area contributed by atoms with E-state index in [9.17, 15) is 4.79 Å². The van der Waals surface area contributed by atoms with Crippen LogP contribution in [0.3, 0.4) is 0 Å². The quantitative estimate of drug-likeness (QED) is 0.432. The lowest BCUT2D eigenvalue weighted by Gasteiger charge is -2.19. The second kappa shape index (κ2) is 8.55. The summed E-state index contributed by atoms with van der Waals surface area (Å²) in [5, 5.41) is 5.51. The number of amides is 1. The summed E-state index contributed by atoms with van der Waals surface area (Å²) in [6, 6.07) is 8.28. The van der Waals surface area contributed by atoms with Crippen LogP contribution in [0.2, 0.25) is 0 Å². The van der Waals surface area contributed by atoms with Gasteiger partial charge in [-0.25, -0.2) is 19.9 Å². The first-order chi connectivity index (χ1) is 16.7. The number of hydrogen-bond donors (Lipinski definition) is 2. The molecule has 1 amide bonds. The van der Waals surface area contributed by atoms with E-state index in [0.29, 0.717) is 23.3 Å². The Kier molecular flexibility index (Phi) is 5.24. The molecule has 0 spiro atoms. The van der Waals surface area contributed by atoms with Gasteiger partial charge in [0.1, 0.15) is 11.8 Å². The molecule has 4 heterocycles. The van der Waals surface area contributed by atoms with Crippen LogP contribution in [0.15, 0.2) is 36.9 Å². The number of nitrogens with zero attached hydrogens (tertiary/aromatic N) is 5. The highest BCUT2D eigenvalue weighted by Gasteiger charge is 2.28. The minimum atomic E-state index is -0.160. The van der Waals surface area contributed by atoms with E-state index in [4.69, 9.17) is 9.72 Å². The zero-order valence-electron chi connectivity index (χ0n) is 19.1. The summed E-state index contributed by atoms with van der Waals surface area (Å²) in [6.07, 6.45) is 7.57. The number of carbonyl (C=O) groups is 1. The van der Waals surface area contributed by atoms with E-state index in [-0.39, 0.29) is 18.6 Å². The van der Waals surface area contributed by atoms with Gasteiger partial charge in [0.2, 0.25) is 5.88 Å². The minimum Gasteiger partial charge on any atom is -0.467 e. The van der Waals surface area contributed by atoms with Crippen LogP contribution in [-0.4, -0.2) is 55.4 Å². The molecule has 3 aromatic heterocycles. The lowest BCUT2D eigenvalue weighted by Crippen LogP contribution is -2.32. The highest BCUT2D eigenvalue weighted by molar-refractivity contribution is 5.92. The van der Waals surface area contributed by atoms with Crippen molar-refractivity contribution in [3.05, 3.63) is 48.2 Å².